The molecule has 0 fully saturated rings. The van der Waals surface area contributed by atoms with Crippen LogP contribution in [0.5, 0.6) is 0 Å². The number of hydrogen-bond donors (Lipinski definition) is 3. The molecule has 7 heteroatoms. The van der Waals surface area contributed by atoms with Gasteiger partial charge in [-0.25, -0.2) is 0 Å². The van der Waals surface area contributed by atoms with Crippen LogP contribution in [0, 0.1) is 17.8 Å². The molecule has 1 aliphatic rings. The van der Waals surface area contributed by atoms with Crippen LogP contribution in [-0.4, -0.2) is 52.9 Å². The third-order valence-corrected chi connectivity index (χ3v) is 4.27. The number of carbonyl (C=O) groups excluding carboxylic acids is 2. The van der Waals surface area contributed by atoms with E-state index in [1.807, 2.05) is 13.8 Å². The van der Waals surface area contributed by atoms with Gasteiger partial charge in [-0.1, -0.05) is 37.5 Å². The van der Waals surface area contributed by atoms with E-state index in [9.17, 15) is 19.6 Å². The van der Waals surface area contributed by atoms with Crippen molar-refractivity contribution < 1.29 is 19.6 Å². The van der Waals surface area contributed by atoms with E-state index < -0.39 is 24.9 Å². The number of nitrogens with one attached hydrogen (secondary N) is 1. The smallest absolute Gasteiger partial charge is 0.426 e. The molecule has 26 heavy (non-hydrogen) atoms. The van der Waals surface area contributed by atoms with Gasteiger partial charge in [0.1, 0.15) is 6.54 Å². The van der Waals surface area contributed by atoms with Crippen molar-refractivity contribution >= 4 is 18.9 Å². The Balaban J connectivity index is 2.73. The molecule has 2 atom stereocenters. The summed E-state index contributed by atoms with van der Waals surface area (Å²) in [6.45, 7) is 7.83. The highest BCUT2D eigenvalue weighted by molar-refractivity contribution is 6.43. The number of carbonyl (C=O) groups is 2. The highest BCUT2D eigenvalue weighted by atomic mass is 16.4. The van der Waals surface area contributed by atoms with Crippen molar-refractivity contribution in [2.75, 3.05) is 13.1 Å². The number of allylic oxidation sites excluding steroid dienone is 3. The SMILES string of the molecule is CC#CC(=O)N(CCC)CC(=O)N[C@@H](CC1=CCC(C)C=C1C)B(O)O. The molecule has 0 aromatic rings. The maximum absolute atomic E-state index is 12.3. The summed E-state index contributed by atoms with van der Waals surface area (Å²) in [4.78, 5) is 25.6. The van der Waals surface area contributed by atoms with Crippen molar-refractivity contribution in [3.05, 3.63) is 23.3 Å². The number of amides is 2. The van der Waals surface area contributed by atoms with Gasteiger partial charge in [0.05, 0.1) is 5.94 Å². The van der Waals surface area contributed by atoms with Crippen molar-refractivity contribution in [3.63, 3.8) is 0 Å². The minimum atomic E-state index is -1.68. The quantitative estimate of drug-likeness (QED) is 0.446. The molecule has 0 aromatic heterocycles. The largest absolute Gasteiger partial charge is 0.475 e. The topological polar surface area (TPSA) is 89.9 Å². The van der Waals surface area contributed by atoms with Gasteiger partial charge < -0.3 is 20.3 Å². The second kappa shape index (κ2) is 10.8. The summed E-state index contributed by atoms with van der Waals surface area (Å²) >= 11 is 0. The van der Waals surface area contributed by atoms with Gasteiger partial charge in [0, 0.05) is 6.54 Å². The van der Waals surface area contributed by atoms with Crippen molar-refractivity contribution in [1.29, 1.82) is 0 Å². The van der Waals surface area contributed by atoms with Gasteiger partial charge in [-0.15, -0.1) is 0 Å². The molecule has 1 aliphatic carbocycles. The summed E-state index contributed by atoms with van der Waals surface area (Å²) in [5, 5.41) is 21.9. The standard InChI is InChI=1S/C19H29BN2O4/c1-5-7-19(24)22(10-6-2)13-18(23)21-17(20(25)26)12-16-9-8-14(3)11-15(16)4/h9,11,14,17,25-26H,6,8,10,12-13H2,1-4H3,(H,21,23)/t14?,17-/m0/s1. The van der Waals surface area contributed by atoms with Gasteiger partial charge >= 0.3 is 7.12 Å². The molecule has 0 radical (unpaired) electrons. The highest BCUT2D eigenvalue weighted by Gasteiger charge is 2.28. The van der Waals surface area contributed by atoms with E-state index >= 15 is 0 Å². The van der Waals surface area contributed by atoms with E-state index in [-0.39, 0.29) is 6.54 Å². The summed E-state index contributed by atoms with van der Waals surface area (Å²) in [6.07, 6.45) is 6.14. The van der Waals surface area contributed by atoms with Crippen LogP contribution in [0.1, 0.15) is 47.0 Å². The van der Waals surface area contributed by atoms with Crippen LogP contribution in [-0.2, 0) is 9.59 Å². The fraction of sp³-hybridized carbons (Fsp3) is 0.579. The van der Waals surface area contributed by atoms with Crippen LogP contribution in [0.2, 0.25) is 0 Å². The van der Waals surface area contributed by atoms with E-state index in [1.54, 1.807) is 6.92 Å². The first-order chi connectivity index (χ1) is 12.3. The van der Waals surface area contributed by atoms with Crippen LogP contribution in [0.3, 0.4) is 0 Å². The Labute approximate surface area is 156 Å². The Kier molecular flexibility index (Phi) is 9.18. The average Bonchev–Trinajstić information content (AvgIpc) is 2.56. The minimum absolute atomic E-state index is 0.157. The zero-order valence-electron chi connectivity index (χ0n) is 16.1. The Morgan fingerprint density at radius 2 is 2.15 bits per heavy atom. The average molecular weight is 360 g/mol. The highest BCUT2D eigenvalue weighted by Crippen LogP contribution is 2.25. The van der Waals surface area contributed by atoms with Gasteiger partial charge in [0.25, 0.3) is 5.91 Å². The second-order valence-electron chi connectivity index (χ2n) is 6.69. The monoisotopic (exact) mass is 360 g/mol. The first-order valence-electron chi connectivity index (χ1n) is 9.03. The van der Waals surface area contributed by atoms with E-state index in [0.29, 0.717) is 25.3 Å². The summed E-state index contributed by atoms with van der Waals surface area (Å²) in [6, 6.07) is 0. The van der Waals surface area contributed by atoms with Crippen LogP contribution in [0.15, 0.2) is 23.3 Å². The van der Waals surface area contributed by atoms with Crippen molar-refractivity contribution in [2.45, 2.75) is 52.9 Å². The molecule has 6 nitrogen and oxygen atoms in total. The first kappa shape index (κ1) is 22.0. The number of rotatable bonds is 8. The maximum atomic E-state index is 12.3. The molecule has 0 saturated heterocycles. The molecule has 0 aliphatic heterocycles. The Morgan fingerprint density at radius 1 is 1.46 bits per heavy atom. The molecule has 0 spiro atoms. The van der Waals surface area contributed by atoms with E-state index in [2.05, 4.69) is 36.2 Å². The van der Waals surface area contributed by atoms with Gasteiger partial charge in [-0.3, -0.25) is 9.59 Å². The maximum Gasteiger partial charge on any atom is 0.475 e. The van der Waals surface area contributed by atoms with E-state index in [1.165, 1.54) is 4.90 Å². The molecule has 0 saturated carbocycles. The van der Waals surface area contributed by atoms with Gasteiger partial charge in [0.15, 0.2) is 0 Å². The molecular weight excluding hydrogens is 331 g/mol. The predicted molar refractivity (Wildman–Crippen MR) is 103 cm³/mol. The second-order valence-corrected chi connectivity index (χ2v) is 6.69. The molecule has 0 bridgehead atoms. The lowest BCUT2D eigenvalue weighted by molar-refractivity contribution is -0.132. The zero-order valence-corrected chi connectivity index (χ0v) is 16.1. The van der Waals surface area contributed by atoms with Crippen molar-refractivity contribution in [1.82, 2.24) is 10.2 Å². The van der Waals surface area contributed by atoms with E-state index in [4.69, 9.17) is 0 Å². The Bertz CT molecular complexity index is 631. The third-order valence-electron chi connectivity index (χ3n) is 4.27. The van der Waals surface area contributed by atoms with E-state index in [0.717, 1.165) is 17.6 Å². The normalized spacial score (nSPS) is 17.2. The number of nitrogens with zero attached hydrogens (tertiary/aromatic N) is 1. The Morgan fingerprint density at radius 3 is 2.69 bits per heavy atom. The van der Waals surface area contributed by atoms with Crippen LogP contribution >= 0.6 is 0 Å². The molecule has 1 unspecified atom stereocenters. The summed E-state index contributed by atoms with van der Waals surface area (Å²) < 4.78 is 0. The molecule has 142 valence electrons. The summed E-state index contributed by atoms with van der Waals surface area (Å²) in [7, 11) is -1.68. The van der Waals surface area contributed by atoms with Crippen LogP contribution < -0.4 is 5.32 Å². The molecule has 3 N–H and O–H groups in total. The van der Waals surface area contributed by atoms with Gasteiger partial charge in [-0.2, -0.15) is 0 Å². The molecule has 1 rings (SSSR count). The molecular formula is C19H29BN2O4. The number of hydrogen-bond acceptors (Lipinski definition) is 4. The first-order valence-corrected chi connectivity index (χ1v) is 9.03. The Hall–Kier alpha value is -2.04. The zero-order chi connectivity index (χ0) is 19.7. The fourth-order valence-corrected chi connectivity index (χ4v) is 2.94. The lowest BCUT2D eigenvalue weighted by Crippen LogP contribution is -2.50. The molecule has 0 aromatic carbocycles. The van der Waals surface area contributed by atoms with Crippen molar-refractivity contribution in [3.8, 4) is 11.8 Å². The molecule has 0 heterocycles. The minimum Gasteiger partial charge on any atom is -0.426 e. The summed E-state index contributed by atoms with van der Waals surface area (Å²) in [5.74, 6) is 3.74. The third kappa shape index (κ3) is 7.07. The summed E-state index contributed by atoms with van der Waals surface area (Å²) in [5.41, 5.74) is 2.09. The predicted octanol–water partition coefficient (Wildman–Crippen LogP) is 1.05. The van der Waals surface area contributed by atoms with Crippen molar-refractivity contribution in [2.24, 2.45) is 5.92 Å². The van der Waals surface area contributed by atoms with Gasteiger partial charge in [0.2, 0.25) is 5.91 Å². The fourth-order valence-electron chi connectivity index (χ4n) is 2.94. The van der Waals surface area contributed by atoms with Crippen LogP contribution in [0.25, 0.3) is 0 Å². The molecule has 2 amide bonds. The lowest BCUT2D eigenvalue weighted by atomic mass is 9.74. The van der Waals surface area contributed by atoms with Gasteiger partial charge in [-0.05, 0) is 50.5 Å². The van der Waals surface area contributed by atoms with Crippen LogP contribution in [0.4, 0.5) is 0 Å². The lowest BCUT2D eigenvalue weighted by Gasteiger charge is -2.25.